The molecule has 0 aromatic heterocycles. The van der Waals surface area contributed by atoms with Crippen LogP contribution in [0, 0.1) is 29.9 Å². The first kappa shape index (κ1) is 12.0. The highest BCUT2D eigenvalue weighted by Gasteiger charge is 2.64. The van der Waals surface area contributed by atoms with Crippen molar-refractivity contribution in [3.8, 4) is 0 Å². The SMILES string of the molecule is Cc1cc(F)c([C@H]2[C@H](C(=O)O)C2(C)C)c(F)c1. The van der Waals surface area contributed by atoms with Gasteiger partial charge in [0.05, 0.1) is 5.92 Å². The van der Waals surface area contributed by atoms with Gasteiger partial charge in [0.25, 0.3) is 0 Å². The minimum Gasteiger partial charge on any atom is -0.481 e. The molecule has 1 saturated carbocycles. The van der Waals surface area contributed by atoms with Gasteiger partial charge in [-0.2, -0.15) is 0 Å². The Morgan fingerprint density at radius 1 is 1.29 bits per heavy atom. The van der Waals surface area contributed by atoms with Gasteiger partial charge in [-0.3, -0.25) is 4.79 Å². The van der Waals surface area contributed by atoms with Crippen LogP contribution in [0.2, 0.25) is 0 Å². The van der Waals surface area contributed by atoms with E-state index < -0.39 is 34.9 Å². The summed E-state index contributed by atoms with van der Waals surface area (Å²) in [6, 6.07) is 2.48. The van der Waals surface area contributed by atoms with E-state index >= 15 is 0 Å². The lowest BCUT2D eigenvalue weighted by atomic mass is 10.0. The van der Waals surface area contributed by atoms with Gasteiger partial charge in [0, 0.05) is 11.5 Å². The number of hydrogen-bond acceptors (Lipinski definition) is 1. The van der Waals surface area contributed by atoms with Crippen molar-refractivity contribution in [2.45, 2.75) is 26.7 Å². The lowest BCUT2D eigenvalue weighted by Gasteiger charge is -2.07. The third kappa shape index (κ3) is 1.72. The molecule has 92 valence electrons. The fourth-order valence-corrected chi connectivity index (χ4v) is 2.65. The molecule has 0 aliphatic heterocycles. The molecule has 0 spiro atoms. The van der Waals surface area contributed by atoms with E-state index in [1.807, 2.05) is 0 Å². The zero-order chi connectivity index (χ0) is 13.0. The molecule has 0 heterocycles. The maximum atomic E-state index is 13.7. The molecule has 0 unspecified atom stereocenters. The molecule has 0 saturated heterocycles. The van der Waals surface area contributed by atoms with E-state index in [-0.39, 0.29) is 5.56 Å². The molecule has 1 aliphatic carbocycles. The molecule has 1 aromatic rings. The van der Waals surface area contributed by atoms with Crippen molar-refractivity contribution in [3.63, 3.8) is 0 Å². The molecule has 0 bridgehead atoms. The minimum atomic E-state index is -1.00. The van der Waals surface area contributed by atoms with E-state index in [2.05, 4.69) is 0 Å². The van der Waals surface area contributed by atoms with Crippen molar-refractivity contribution in [3.05, 3.63) is 34.9 Å². The van der Waals surface area contributed by atoms with Crippen LogP contribution < -0.4 is 0 Å². The van der Waals surface area contributed by atoms with E-state index in [0.29, 0.717) is 5.56 Å². The van der Waals surface area contributed by atoms with Crippen LogP contribution in [0.1, 0.15) is 30.9 Å². The minimum absolute atomic E-state index is 0.0898. The lowest BCUT2D eigenvalue weighted by molar-refractivity contribution is -0.139. The van der Waals surface area contributed by atoms with E-state index in [4.69, 9.17) is 5.11 Å². The Hall–Kier alpha value is -1.45. The fourth-order valence-electron chi connectivity index (χ4n) is 2.65. The zero-order valence-corrected chi connectivity index (χ0v) is 9.92. The number of aliphatic carboxylic acids is 1. The van der Waals surface area contributed by atoms with E-state index in [0.717, 1.165) is 0 Å². The summed E-state index contributed by atoms with van der Waals surface area (Å²) in [5.41, 5.74) is -0.190. The van der Waals surface area contributed by atoms with Crippen molar-refractivity contribution < 1.29 is 18.7 Å². The Morgan fingerprint density at radius 2 is 1.76 bits per heavy atom. The average Bonchev–Trinajstić information content (AvgIpc) is 2.67. The Labute approximate surface area is 98.3 Å². The molecule has 0 amide bonds. The second-order valence-corrected chi connectivity index (χ2v) is 5.26. The summed E-state index contributed by atoms with van der Waals surface area (Å²) >= 11 is 0. The number of carboxylic acids is 1. The van der Waals surface area contributed by atoms with Crippen LogP contribution in [0.15, 0.2) is 12.1 Å². The summed E-state index contributed by atoms with van der Waals surface area (Å²) in [6.07, 6.45) is 0. The highest BCUT2D eigenvalue weighted by Crippen LogP contribution is 2.65. The molecular formula is C13H14F2O2. The normalized spacial score (nSPS) is 25.7. The predicted octanol–water partition coefficient (Wildman–Crippen LogP) is 3.10. The van der Waals surface area contributed by atoms with Gasteiger partial charge in [0.1, 0.15) is 11.6 Å². The van der Waals surface area contributed by atoms with Crippen LogP contribution in [0.25, 0.3) is 0 Å². The molecule has 1 N–H and O–H groups in total. The van der Waals surface area contributed by atoms with Crippen molar-refractivity contribution in [1.29, 1.82) is 0 Å². The molecule has 1 aromatic carbocycles. The zero-order valence-electron chi connectivity index (χ0n) is 9.92. The molecule has 1 aliphatic rings. The summed E-state index contributed by atoms with van der Waals surface area (Å²) in [7, 11) is 0. The van der Waals surface area contributed by atoms with Gasteiger partial charge in [-0.15, -0.1) is 0 Å². The maximum Gasteiger partial charge on any atom is 0.307 e. The summed E-state index contributed by atoms with van der Waals surface area (Å²) in [5.74, 6) is -3.59. The number of carbonyl (C=O) groups is 1. The van der Waals surface area contributed by atoms with Crippen molar-refractivity contribution >= 4 is 5.97 Å². The van der Waals surface area contributed by atoms with Gasteiger partial charge in [-0.05, 0) is 30.0 Å². The van der Waals surface area contributed by atoms with Crippen LogP contribution in [0.3, 0.4) is 0 Å². The van der Waals surface area contributed by atoms with Gasteiger partial charge < -0.3 is 5.11 Å². The molecule has 2 nitrogen and oxygen atoms in total. The van der Waals surface area contributed by atoms with Crippen molar-refractivity contribution in [2.75, 3.05) is 0 Å². The number of halogens is 2. The quantitative estimate of drug-likeness (QED) is 0.862. The van der Waals surface area contributed by atoms with Crippen LogP contribution in [-0.4, -0.2) is 11.1 Å². The molecule has 17 heavy (non-hydrogen) atoms. The average molecular weight is 240 g/mol. The van der Waals surface area contributed by atoms with Crippen molar-refractivity contribution in [1.82, 2.24) is 0 Å². The second-order valence-electron chi connectivity index (χ2n) is 5.26. The Kier molecular flexibility index (Phi) is 2.49. The lowest BCUT2D eigenvalue weighted by Crippen LogP contribution is -2.03. The van der Waals surface area contributed by atoms with E-state index in [9.17, 15) is 13.6 Å². The van der Waals surface area contributed by atoms with Crippen LogP contribution in [-0.2, 0) is 4.79 Å². The number of carboxylic acid groups (broad SMARTS) is 1. The van der Waals surface area contributed by atoms with Crippen LogP contribution in [0.4, 0.5) is 8.78 Å². The Morgan fingerprint density at radius 3 is 2.12 bits per heavy atom. The van der Waals surface area contributed by atoms with E-state index in [1.54, 1.807) is 20.8 Å². The molecule has 0 radical (unpaired) electrons. The van der Waals surface area contributed by atoms with Gasteiger partial charge in [0.15, 0.2) is 0 Å². The van der Waals surface area contributed by atoms with Crippen LogP contribution >= 0.6 is 0 Å². The van der Waals surface area contributed by atoms with E-state index in [1.165, 1.54) is 12.1 Å². The number of aryl methyl sites for hydroxylation is 1. The third-order valence-corrected chi connectivity index (χ3v) is 3.63. The number of hydrogen-bond donors (Lipinski definition) is 1. The number of rotatable bonds is 2. The first-order chi connectivity index (χ1) is 7.76. The molecule has 2 rings (SSSR count). The fraction of sp³-hybridized carbons (Fsp3) is 0.462. The second kappa shape index (κ2) is 3.52. The molecule has 4 heteroatoms. The topological polar surface area (TPSA) is 37.3 Å². The first-order valence-corrected chi connectivity index (χ1v) is 5.45. The summed E-state index contributed by atoms with van der Waals surface area (Å²) in [6.45, 7) is 5.03. The largest absolute Gasteiger partial charge is 0.481 e. The predicted molar refractivity (Wildman–Crippen MR) is 58.7 cm³/mol. The monoisotopic (exact) mass is 240 g/mol. The highest BCUT2D eigenvalue weighted by atomic mass is 19.1. The summed E-state index contributed by atoms with van der Waals surface area (Å²) in [5, 5.41) is 9.01. The number of benzene rings is 1. The summed E-state index contributed by atoms with van der Waals surface area (Å²) in [4.78, 5) is 11.0. The van der Waals surface area contributed by atoms with Crippen molar-refractivity contribution in [2.24, 2.45) is 11.3 Å². The molecule has 2 atom stereocenters. The van der Waals surface area contributed by atoms with Gasteiger partial charge in [0.2, 0.25) is 0 Å². The Bertz CT molecular complexity index is 471. The molecule has 1 fully saturated rings. The first-order valence-electron chi connectivity index (χ1n) is 5.45. The van der Waals surface area contributed by atoms with Gasteiger partial charge in [-0.1, -0.05) is 13.8 Å². The van der Waals surface area contributed by atoms with Gasteiger partial charge in [-0.25, -0.2) is 8.78 Å². The standard InChI is InChI=1S/C13H14F2O2/c1-6-4-7(14)9(8(15)5-6)10-11(12(16)17)13(10,2)3/h4-5,10-11H,1-3H3,(H,16,17)/t10-,11+/m0/s1. The smallest absolute Gasteiger partial charge is 0.307 e. The summed E-state index contributed by atoms with van der Waals surface area (Å²) < 4.78 is 27.5. The highest BCUT2D eigenvalue weighted by molar-refractivity contribution is 5.77. The van der Waals surface area contributed by atoms with Gasteiger partial charge >= 0.3 is 5.97 Å². The Balaban J connectivity index is 2.47. The molecular weight excluding hydrogens is 226 g/mol. The maximum absolute atomic E-state index is 13.7. The third-order valence-electron chi connectivity index (χ3n) is 3.63. The van der Waals surface area contributed by atoms with Crippen LogP contribution in [0.5, 0.6) is 0 Å².